The topological polar surface area (TPSA) is 41.1 Å². The Bertz CT molecular complexity index is 326. The SMILES string of the molecule is CC(C)CCCNCCSc1nnc(N(C)C)s1. The first-order chi connectivity index (χ1) is 8.59. The van der Waals surface area contributed by atoms with Crippen LogP contribution < -0.4 is 10.2 Å². The monoisotopic (exact) mass is 288 g/mol. The Hall–Kier alpha value is -0.330. The summed E-state index contributed by atoms with van der Waals surface area (Å²) in [5.41, 5.74) is 0. The number of hydrogen-bond donors (Lipinski definition) is 1. The first kappa shape index (κ1) is 15.7. The van der Waals surface area contributed by atoms with E-state index in [2.05, 4.69) is 29.4 Å². The van der Waals surface area contributed by atoms with Crippen molar-refractivity contribution in [2.24, 2.45) is 5.92 Å². The fourth-order valence-electron chi connectivity index (χ4n) is 1.41. The molecule has 0 fully saturated rings. The van der Waals surface area contributed by atoms with Crippen molar-refractivity contribution in [1.82, 2.24) is 15.5 Å². The summed E-state index contributed by atoms with van der Waals surface area (Å²) in [6.07, 6.45) is 2.58. The van der Waals surface area contributed by atoms with Gasteiger partial charge < -0.3 is 10.2 Å². The first-order valence-electron chi connectivity index (χ1n) is 6.44. The number of hydrogen-bond acceptors (Lipinski definition) is 6. The lowest BCUT2D eigenvalue weighted by molar-refractivity contribution is 0.534. The van der Waals surface area contributed by atoms with Crippen LogP contribution in [0.1, 0.15) is 26.7 Å². The number of aromatic nitrogens is 2. The largest absolute Gasteiger partial charge is 0.353 e. The summed E-state index contributed by atoms with van der Waals surface area (Å²) >= 11 is 3.43. The molecule has 0 atom stereocenters. The Morgan fingerprint density at radius 2 is 2.06 bits per heavy atom. The van der Waals surface area contributed by atoms with E-state index < -0.39 is 0 Å². The minimum atomic E-state index is 0.812. The fourth-order valence-corrected chi connectivity index (χ4v) is 3.14. The van der Waals surface area contributed by atoms with E-state index in [-0.39, 0.29) is 0 Å². The van der Waals surface area contributed by atoms with Crippen molar-refractivity contribution in [2.45, 2.75) is 31.0 Å². The zero-order valence-corrected chi connectivity index (χ0v) is 13.4. The van der Waals surface area contributed by atoms with Crippen LogP contribution in [-0.2, 0) is 0 Å². The molecule has 104 valence electrons. The summed E-state index contributed by atoms with van der Waals surface area (Å²) in [4.78, 5) is 1.99. The lowest BCUT2D eigenvalue weighted by Crippen LogP contribution is -2.18. The van der Waals surface area contributed by atoms with Gasteiger partial charge in [-0.05, 0) is 25.3 Å². The second kappa shape index (κ2) is 8.72. The Balaban J connectivity index is 2.03. The van der Waals surface area contributed by atoms with Crippen molar-refractivity contribution in [2.75, 3.05) is 37.8 Å². The molecule has 0 saturated heterocycles. The first-order valence-corrected chi connectivity index (χ1v) is 8.24. The van der Waals surface area contributed by atoms with Crippen LogP contribution in [0.4, 0.5) is 5.13 Å². The third-order valence-electron chi connectivity index (χ3n) is 2.42. The molecule has 0 aliphatic heterocycles. The van der Waals surface area contributed by atoms with Gasteiger partial charge in [-0.3, -0.25) is 0 Å². The van der Waals surface area contributed by atoms with Crippen molar-refractivity contribution in [1.29, 1.82) is 0 Å². The maximum Gasteiger partial charge on any atom is 0.208 e. The van der Waals surface area contributed by atoms with Gasteiger partial charge in [0.25, 0.3) is 0 Å². The van der Waals surface area contributed by atoms with Crippen LogP contribution >= 0.6 is 23.1 Å². The number of rotatable bonds is 9. The molecule has 0 radical (unpaired) electrons. The molecule has 0 amide bonds. The van der Waals surface area contributed by atoms with E-state index in [1.807, 2.05) is 19.0 Å². The quantitative estimate of drug-likeness (QED) is 0.559. The van der Waals surface area contributed by atoms with Crippen LogP contribution in [0.3, 0.4) is 0 Å². The van der Waals surface area contributed by atoms with Gasteiger partial charge >= 0.3 is 0 Å². The fraction of sp³-hybridized carbons (Fsp3) is 0.833. The van der Waals surface area contributed by atoms with Crippen LogP contribution in [-0.4, -0.2) is 43.1 Å². The van der Waals surface area contributed by atoms with Crippen molar-refractivity contribution in [3.8, 4) is 0 Å². The second-order valence-electron chi connectivity index (χ2n) is 4.88. The molecular formula is C12H24N4S2. The van der Waals surface area contributed by atoms with E-state index >= 15 is 0 Å². The molecule has 0 unspecified atom stereocenters. The molecule has 1 rings (SSSR count). The molecular weight excluding hydrogens is 264 g/mol. The molecule has 1 aromatic rings. The Kier molecular flexibility index (Phi) is 7.62. The predicted molar refractivity (Wildman–Crippen MR) is 81.9 cm³/mol. The normalized spacial score (nSPS) is 11.2. The predicted octanol–water partition coefficient (Wildman–Crippen LogP) is 2.72. The lowest BCUT2D eigenvalue weighted by Gasteiger charge is -2.05. The minimum absolute atomic E-state index is 0.812. The van der Waals surface area contributed by atoms with E-state index in [0.717, 1.165) is 34.2 Å². The van der Waals surface area contributed by atoms with Gasteiger partial charge in [-0.2, -0.15) is 0 Å². The van der Waals surface area contributed by atoms with Gasteiger partial charge in [0, 0.05) is 26.4 Å². The molecule has 0 spiro atoms. The van der Waals surface area contributed by atoms with Gasteiger partial charge in [0.2, 0.25) is 5.13 Å². The summed E-state index contributed by atoms with van der Waals surface area (Å²) in [5.74, 6) is 1.87. The highest BCUT2D eigenvalue weighted by Gasteiger charge is 2.05. The average molecular weight is 288 g/mol. The summed E-state index contributed by atoms with van der Waals surface area (Å²) in [6, 6.07) is 0. The highest BCUT2D eigenvalue weighted by atomic mass is 32.2. The standard InChI is InChI=1S/C12H24N4S2/c1-10(2)6-5-7-13-8-9-17-12-15-14-11(18-12)16(3)4/h10,13H,5-9H2,1-4H3. The molecule has 1 heterocycles. The second-order valence-corrected chi connectivity index (χ2v) is 7.18. The lowest BCUT2D eigenvalue weighted by atomic mass is 10.1. The third-order valence-corrected chi connectivity index (χ3v) is 4.64. The smallest absolute Gasteiger partial charge is 0.208 e. The number of nitrogens with one attached hydrogen (secondary N) is 1. The van der Waals surface area contributed by atoms with Crippen molar-refractivity contribution >= 4 is 28.2 Å². The molecule has 0 saturated carbocycles. The van der Waals surface area contributed by atoms with Crippen LogP contribution in [0.25, 0.3) is 0 Å². The maximum absolute atomic E-state index is 4.16. The van der Waals surface area contributed by atoms with Crippen LogP contribution in [0.5, 0.6) is 0 Å². The molecule has 0 aliphatic rings. The summed E-state index contributed by atoms with van der Waals surface area (Å²) < 4.78 is 1.06. The number of anilines is 1. The molecule has 1 aromatic heterocycles. The van der Waals surface area contributed by atoms with Gasteiger partial charge in [0.1, 0.15) is 0 Å². The van der Waals surface area contributed by atoms with Gasteiger partial charge in [0.15, 0.2) is 4.34 Å². The molecule has 6 heteroatoms. The van der Waals surface area contributed by atoms with E-state index in [9.17, 15) is 0 Å². The Labute approximate surface area is 119 Å². The number of thioether (sulfide) groups is 1. The Morgan fingerprint density at radius 1 is 1.28 bits per heavy atom. The highest BCUT2D eigenvalue weighted by molar-refractivity contribution is 8.01. The molecule has 1 N–H and O–H groups in total. The van der Waals surface area contributed by atoms with Crippen LogP contribution in [0.2, 0.25) is 0 Å². The Morgan fingerprint density at radius 3 is 2.67 bits per heavy atom. The van der Waals surface area contributed by atoms with Gasteiger partial charge in [-0.1, -0.05) is 36.9 Å². The van der Waals surface area contributed by atoms with Crippen molar-refractivity contribution < 1.29 is 0 Å². The van der Waals surface area contributed by atoms with E-state index in [1.54, 1.807) is 23.1 Å². The van der Waals surface area contributed by atoms with Crippen LogP contribution in [0.15, 0.2) is 4.34 Å². The molecule has 4 nitrogen and oxygen atoms in total. The molecule has 0 aromatic carbocycles. The molecule has 0 aliphatic carbocycles. The maximum atomic E-state index is 4.16. The van der Waals surface area contributed by atoms with E-state index in [4.69, 9.17) is 0 Å². The summed E-state index contributed by atoms with van der Waals surface area (Å²) in [5, 5.41) is 12.7. The highest BCUT2D eigenvalue weighted by Crippen LogP contribution is 2.26. The third kappa shape index (κ3) is 6.56. The summed E-state index contributed by atoms with van der Waals surface area (Å²) in [7, 11) is 3.98. The number of nitrogens with zero attached hydrogens (tertiary/aromatic N) is 3. The van der Waals surface area contributed by atoms with Gasteiger partial charge in [0.05, 0.1) is 0 Å². The molecule has 18 heavy (non-hydrogen) atoms. The van der Waals surface area contributed by atoms with Crippen molar-refractivity contribution in [3.63, 3.8) is 0 Å². The zero-order valence-electron chi connectivity index (χ0n) is 11.8. The van der Waals surface area contributed by atoms with E-state index in [0.29, 0.717) is 0 Å². The molecule has 0 bridgehead atoms. The van der Waals surface area contributed by atoms with Gasteiger partial charge in [-0.25, -0.2) is 0 Å². The van der Waals surface area contributed by atoms with Crippen LogP contribution in [0, 0.1) is 5.92 Å². The zero-order chi connectivity index (χ0) is 13.4. The van der Waals surface area contributed by atoms with Gasteiger partial charge in [-0.15, -0.1) is 10.2 Å². The minimum Gasteiger partial charge on any atom is -0.353 e. The van der Waals surface area contributed by atoms with E-state index in [1.165, 1.54) is 12.8 Å². The average Bonchev–Trinajstić information content (AvgIpc) is 2.76. The van der Waals surface area contributed by atoms with Crippen molar-refractivity contribution in [3.05, 3.63) is 0 Å². The summed E-state index contributed by atoms with van der Waals surface area (Å²) in [6.45, 7) is 6.71.